The molecule has 0 bridgehead atoms. The van der Waals surface area contributed by atoms with Gasteiger partial charge < -0.3 is 10.5 Å². The van der Waals surface area contributed by atoms with Crippen LogP contribution in [0.4, 0.5) is 5.82 Å². The number of rotatable bonds is 3. The van der Waals surface area contributed by atoms with Crippen LogP contribution in [0.3, 0.4) is 0 Å². The Morgan fingerprint density at radius 2 is 2.19 bits per heavy atom. The third kappa shape index (κ3) is 1.74. The van der Waals surface area contributed by atoms with Gasteiger partial charge in [-0.25, -0.2) is 0 Å². The highest BCUT2D eigenvalue weighted by Gasteiger charge is 2.10. The first-order valence-electron chi connectivity index (χ1n) is 5.22. The molecule has 0 unspecified atom stereocenters. The standard InChI is InChI=1S/C12H15N3O/c1-3-8-4-5-11(16-2)9(6-8)10-7-14-15-12(10)13/h4-7H,3H2,1-2H3,(H3,13,14,15). The van der Waals surface area contributed by atoms with Gasteiger partial charge in [0.1, 0.15) is 11.6 Å². The molecular weight excluding hydrogens is 202 g/mol. The molecule has 3 N–H and O–H groups in total. The number of methoxy groups -OCH3 is 1. The minimum atomic E-state index is 0.562. The van der Waals surface area contributed by atoms with Crippen LogP contribution < -0.4 is 10.5 Å². The summed E-state index contributed by atoms with van der Waals surface area (Å²) >= 11 is 0. The van der Waals surface area contributed by atoms with Crippen molar-refractivity contribution in [3.05, 3.63) is 30.0 Å². The number of anilines is 1. The second-order valence-electron chi connectivity index (χ2n) is 3.59. The van der Waals surface area contributed by atoms with Crippen LogP contribution in [0.25, 0.3) is 11.1 Å². The largest absolute Gasteiger partial charge is 0.496 e. The summed E-state index contributed by atoms with van der Waals surface area (Å²) in [7, 11) is 1.65. The molecule has 1 aromatic carbocycles. The lowest BCUT2D eigenvalue weighted by Crippen LogP contribution is -1.93. The van der Waals surface area contributed by atoms with E-state index in [1.165, 1.54) is 5.56 Å². The number of nitrogen functional groups attached to an aromatic ring is 1. The van der Waals surface area contributed by atoms with E-state index in [0.29, 0.717) is 5.82 Å². The smallest absolute Gasteiger partial charge is 0.126 e. The van der Waals surface area contributed by atoms with E-state index in [9.17, 15) is 0 Å². The van der Waals surface area contributed by atoms with Crippen molar-refractivity contribution in [2.45, 2.75) is 13.3 Å². The van der Waals surface area contributed by atoms with E-state index in [-0.39, 0.29) is 0 Å². The summed E-state index contributed by atoms with van der Waals surface area (Å²) in [5.74, 6) is 1.37. The molecule has 0 saturated heterocycles. The van der Waals surface area contributed by atoms with Crippen molar-refractivity contribution in [1.82, 2.24) is 10.2 Å². The molecule has 0 saturated carbocycles. The maximum atomic E-state index is 5.81. The average molecular weight is 217 g/mol. The molecule has 4 heteroatoms. The number of nitrogens with two attached hydrogens (primary N) is 1. The first kappa shape index (κ1) is 10.5. The number of benzene rings is 1. The molecule has 0 aliphatic carbocycles. The Morgan fingerprint density at radius 1 is 1.38 bits per heavy atom. The molecule has 2 aromatic rings. The van der Waals surface area contributed by atoms with Crippen molar-refractivity contribution < 1.29 is 4.74 Å². The van der Waals surface area contributed by atoms with Crippen molar-refractivity contribution in [2.24, 2.45) is 0 Å². The van der Waals surface area contributed by atoms with Gasteiger partial charge in [0.2, 0.25) is 0 Å². The first-order valence-corrected chi connectivity index (χ1v) is 5.22. The van der Waals surface area contributed by atoms with Gasteiger partial charge in [0.05, 0.1) is 13.3 Å². The monoisotopic (exact) mass is 217 g/mol. The summed E-state index contributed by atoms with van der Waals surface area (Å²) < 4.78 is 5.33. The molecule has 0 fully saturated rings. The fourth-order valence-corrected chi connectivity index (χ4v) is 1.70. The zero-order chi connectivity index (χ0) is 11.5. The van der Waals surface area contributed by atoms with Gasteiger partial charge in [0, 0.05) is 11.1 Å². The Morgan fingerprint density at radius 3 is 2.75 bits per heavy atom. The van der Waals surface area contributed by atoms with Gasteiger partial charge >= 0.3 is 0 Å². The molecule has 1 aromatic heterocycles. The summed E-state index contributed by atoms with van der Waals surface area (Å²) in [6, 6.07) is 6.10. The van der Waals surface area contributed by atoms with Crippen molar-refractivity contribution in [2.75, 3.05) is 12.8 Å². The predicted molar refractivity (Wildman–Crippen MR) is 64.4 cm³/mol. The zero-order valence-corrected chi connectivity index (χ0v) is 9.45. The Kier molecular flexibility index (Phi) is 2.81. The highest BCUT2D eigenvalue weighted by molar-refractivity contribution is 5.78. The molecule has 0 spiro atoms. The number of H-pyrrole nitrogens is 1. The Labute approximate surface area is 94.4 Å². The number of nitrogens with one attached hydrogen (secondary N) is 1. The van der Waals surface area contributed by atoms with Gasteiger partial charge in [-0.05, 0) is 24.1 Å². The molecular formula is C12H15N3O. The van der Waals surface area contributed by atoms with Crippen LogP contribution >= 0.6 is 0 Å². The molecule has 2 rings (SSSR count). The molecule has 0 aliphatic rings. The van der Waals surface area contributed by atoms with Crippen LogP contribution in [-0.4, -0.2) is 17.3 Å². The second-order valence-corrected chi connectivity index (χ2v) is 3.59. The van der Waals surface area contributed by atoms with Gasteiger partial charge in [-0.15, -0.1) is 0 Å². The van der Waals surface area contributed by atoms with Gasteiger partial charge in [-0.2, -0.15) is 5.10 Å². The molecule has 84 valence electrons. The zero-order valence-electron chi connectivity index (χ0n) is 9.45. The van der Waals surface area contributed by atoms with E-state index in [1.807, 2.05) is 6.07 Å². The van der Waals surface area contributed by atoms with Crippen molar-refractivity contribution in [3.63, 3.8) is 0 Å². The van der Waals surface area contributed by atoms with Crippen LogP contribution in [0.2, 0.25) is 0 Å². The number of hydrogen-bond acceptors (Lipinski definition) is 3. The summed E-state index contributed by atoms with van der Waals surface area (Å²) in [4.78, 5) is 0. The van der Waals surface area contributed by atoms with E-state index in [1.54, 1.807) is 13.3 Å². The average Bonchev–Trinajstić information content (AvgIpc) is 2.74. The number of aromatic nitrogens is 2. The highest BCUT2D eigenvalue weighted by Crippen LogP contribution is 2.33. The van der Waals surface area contributed by atoms with E-state index in [2.05, 4.69) is 29.3 Å². The van der Waals surface area contributed by atoms with E-state index in [4.69, 9.17) is 10.5 Å². The molecule has 0 amide bonds. The molecule has 0 radical (unpaired) electrons. The molecule has 0 atom stereocenters. The lowest BCUT2D eigenvalue weighted by molar-refractivity contribution is 0.416. The van der Waals surface area contributed by atoms with E-state index >= 15 is 0 Å². The van der Waals surface area contributed by atoms with Crippen LogP contribution in [0.15, 0.2) is 24.4 Å². The Balaban J connectivity index is 2.57. The maximum absolute atomic E-state index is 5.81. The number of aryl methyl sites for hydroxylation is 1. The molecule has 1 heterocycles. The Bertz CT molecular complexity index is 491. The minimum Gasteiger partial charge on any atom is -0.496 e. The highest BCUT2D eigenvalue weighted by atomic mass is 16.5. The topological polar surface area (TPSA) is 63.9 Å². The first-order chi connectivity index (χ1) is 7.76. The quantitative estimate of drug-likeness (QED) is 0.828. The van der Waals surface area contributed by atoms with Gasteiger partial charge in [-0.3, -0.25) is 5.10 Å². The van der Waals surface area contributed by atoms with Gasteiger partial charge in [-0.1, -0.05) is 13.0 Å². The number of nitrogens with zero attached hydrogens (tertiary/aromatic N) is 1. The third-order valence-electron chi connectivity index (χ3n) is 2.63. The van der Waals surface area contributed by atoms with E-state index in [0.717, 1.165) is 23.3 Å². The van der Waals surface area contributed by atoms with Crippen LogP contribution in [0.1, 0.15) is 12.5 Å². The number of ether oxygens (including phenoxy) is 1. The van der Waals surface area contributed by atoms with Crippen LogP contribution in [0, 0.1) is 0 Å². The fourth-order valence-electron chi connectivity index (χ4n) is 1.70. The summed E-state index contributed by atoms with van der Waals surface area (Å²) in [6.07, 6.45) is 2.70. The molecule has 0 aliphatic heterocycles. The lowest BCUT2D eigenvalue weighted by Gasteiger charge is -2.09. The van der Waals surface area contributed by atoms with Gasteiger partial charge in [0.25, 0.3) is 0 Å². The lowest BCUT2D eigenvalue weighted by atomic mass is 10.0. The van der Waals surface area contributed by atoms with Crippen LogP contribution in [0.5, 0.6) is 5.75 Å². The molecule has 4 nitrogen and oxygen atoms in total. The van der Waals surface area contributed by atoms with Crippen molar-refractivity contribution >= 4 is 5.82 Å². The SMILES string of the molecule is CCc1ccc(OC)c(-c2cn[nH]c2N)c1. The van der Waals surface area contributed by atoms with Gasteiger partial charge in [0.15, 0.2) is 0 Å². The van der Waals surface area contributed by atoms with Crippen LogP contribution in [-0.2, 0) is 6.42 Å². The van der Waals surface area contributed by atoms with Crippen molar-refractivity contribution in [3.8, 4) is 16.9 Å². The predicted octanol–water partition coefficient (Wildman–Crippen LogP) is 2.23. The normalized spacial score (nSPS) is 10.4. The Hall–Kier alpha value is -1.97. The second kappa shape index (κ2) is 4.26. The maximum Gasteiger partial charge on any atom is 0.126 e. The number of hydrogen-bond donors (Lipinski definition) is 2. The molecule has 16 heavy (non-hydrogen) atoms. The summed E-state index contributed by atoms with van der Waals surface area (Å²) in [5.41, 5.74) is 8.92. The van der Waals surface area contributed by atoms with E-state index < -0.39 is 0 Å². The van der Waals surface area contributed by atoms with Crippen molar-refractivity contribution in [1.29, 1.82) is 0 Å². The third-order valence-corrected chi connectivity index (χ3v) is 2.63. The summed E-state index contributed by atoms with van der Waals surface area (Å²) in [6.45, 7) is 2.12. The minimum absolute atomic E-state index is 0.562. The fraction of sp³-hybridized carbons (Fsp3) is 0.250. The number of aromatic amines is 1. The summed E-state index contributed by atoms with van der Waals surface area (Å²) in [5, 5.41) is 6.65.